The average Bonchev–Trinajstić information content (AvgIpc) is 2.48. The number of methoxy groups -OCH3 is 1. The number of hydrogen-bond donors (Lipinski definition) is 1. The van der Waals surface area contributed by atoms with E-state index in [9.17, 15) is 0 Å². The van der Waals surface area contributed by atoms with E-state index in [1.807, 2.05) is 6.07 Å². The van der Waals surface area contributed by atoms with Crippen LogP contribution in [0.3, 0.4) is 0 Å². The van der Waals surface area contributed by atoms with Gasteiger partial charge in [0.05, 0.1) is 13.2 Å². The molecule has 0 amide bonds. The van der Waals surface area contributed by atoms with Crippen molar-refractivity contribution in [2.75, 3.05) is 25.6 Å². The third-order valence-electron chi connectivity index (χ3n) is 3.90. The first-order valence-corrected chi connectivity index (χ1v) is 7.21. The number of ether oxygens (including phenoxy) is 1. The second kappa shape index (κ2) is 6.64. The van der Waals surface area contributed by atoms with Gasteiger partial charge in [-0.05, 0) is 48.7 Å². The summed E-state index contributed by atoms with van der Waals surface area (Å²) in [5.74, 6) is 0.910. The van der Waals surface area contributed by atoms with E-state index in [2.05, 4.69) is 62.2 Å². The second-order valence-corrected chi connectivity index (χ2v) is 5.43. The maximum atomic E-state index is 6.03. The molecule has 0 spiro atoms. The van der Waals surface area contributed by atoms with Crippen LogP contribution in [-0.2, 0) is 0 Å². The van der Waals surface area contributed by atoms with Crippen molar-refractivity contribution in [1.82, 2.24) is 0 Å². The van der Waals surface area contributed by atoms with Crippen LogP contribution in [0.4, 0.5) is 5.69 Å². The highest BCUT2D eigenvalue weighted by atomic mass is 16.5. The molecule has 2 aromatic carbocycles. The summed E-state index contributed by atoms with van der Waals surface area (Å²) in [4.78, 5) is 2.23. The van der Waals surface area contributed by atoms with E-state index in [1.165, 1.54) is 16.8 Å². The summed E-state index contributed by atoms with van der Waals surface area (Å²) in [6.07, 6.45) is 0. The number of rotatable bonds is 5. The number of anilines is 1. The highest BCUT2D eigenvalue weighted by molar-refractivity contribution is 5.51. The van der Waals surface area contributed by atoms with E-state index in [0.29, 0.717) is 6.54 Å². The standard InChI is InChI=1S/C18H24N2O/c1-13-6-5-7-16(10-13)20(3)17(12-19)15-8-9-18(21-4)14(2)11-15/h5-11,17H,12,19H2,1-4H3. The van der Waals surface area contributed by atoms with Crippen LogP contribution >= 0.6 is 0 Å². The molecule has 2 aromatic rings. The smallest absolute Gasteiger partial charge is 0.121 e. The van der Waals surface area contributed by atoms with Crippen molar-refractivity contribution >= 4 is 5.69 Å². The Hall–Kier alpha value is -2.00. The second-order valence-electron chi connectivity index (χ2n) is 5.43. The lowest BCUT2D eigenvalue weighted by molar-refractivity contribution is 0.411. The quantitative estimate of drug-likeness (QED) is 0.914. The van der Waals surface area contributed by atoms with Crippen LogP contribution in [0.1, 0.15) is 22.7 Å². The lowest BCUT2D eigenvalue weighted by Crippen LogP contribution is -2.30. The summed E-state index contributed by atoms with van der Waals surface area (Å²) < 4.78 is 5.33. The van der Waals surface area contributed by atoms with Crippen LogP contribution in [-0.4, -0.2) is 20.7 Å². The van der Waals surface area contributed by atoms with Crippen molar-refractivity contribution in [2.45, 2.75) is 19.9 Å². The van der Waals surface area contributed by atoms with Gasteiger partial charge in [0, 0.05) is 19.3 Å². The molecule has 2 N–H and O–H groups in total. The average molecular weight is 284 g/mol. The van der Waals surface area contributed by atoms with E-state index in [4.69, 9.17) is 10.5 Å². The van der Waals surface area contributed by atoms with E-state index in [-0.39, 0.29) is 6.04 Å². The zero-order valence-corrected chi connectivity index (χ0v) is 13.3. The fraction of sp³-hybridized carbons (Fsp3) is 0.333. The molecular weight excluding hydrogens is 260 g/mol. The molecule has 3 nitrogen and oxygen atoms in total. The Bertz CT molecular complexity index is 610. The maximum absolute atomic E-state index is 6.03. The van der Waals surface area contributed by atoms with Crippen LogP contribution in [0.5, 0.6) is 5.75 Å². The number of benzene rings is 2. The van der Waals surface area contributed by atoms with Crippen molar-refractivity contribution in [1.29, 1.82) is 0 Å². The van der Waals surface area contributed by atoms with Gasteiger partial charge in [-0.15, -0.1) is 0 Å². The number of hydrogen-bond acceptors (Lipinski definition) is 3. The Morgan fingerprint density at radius 3 is 2.48 bits per heavy atom. The summed E-state index contributed by atoms with van der Waals surface area (Å²) in [7, 11) is 3.78. The Balaban J connectivity index is 2.32. The highest BCUT2D eigenvalue weighted by Crippen LogP contribution is 2.28. The molecule has 0 heterocycles. The van der Waals surface area contributed by atoms with E-state index < -0.39 is 0 Å². The van der Waals surface area contributed by atoms with Crippen LogP contribution in [0, 0.1) is 13.8 Å². The predicted molar refractivity (Wildman–Crippen MR) is 89.1 cm³/mol. The van der Waals surface area contributed by atoms with Gasteiger partial charge in [-0.25, -0.2) is 0 Å². The Morgan fingerprint density at radius 1 is 1.14 bits per heavy atom. The van der Waals surface area contributed by atoms with Crippen molar-refractivity contribution in [3.8, 4) is 5.75 Å². The zero-order chi connectivity index (χ0) is 15.4. The first-order valence-electron chi connectivity index (χ1n) is 7.21. The van der Waals surface area contributed by atoms with Gasteiger partial charge in [-0.3, -0.25) is 0 Å². The molecule has 21 heavy (non-hydrogen) atoms. The van der Waals surface area contributed by atoms with Crippen LogP contribution in [0.15, 0.2) is 42.5 Å². The lowest BCUT2D eigenvalue weighted by atomic mass is 10.0. The topological polar surface area (TPSA) is 38.5 Å². The first-order chi connectivity index (χ1) is 10.1. The van der Waals surface area contributed by atoms with Gasteiger partial charge in [-0.1, -0.05) is 24.3 Å². The van der Waals surface area contributed by atoms with E-state index in [0.717, 1.165) is 11.3 Å². The molecule has 0 aliphatic heterocycles. The van der Waals surface area contributed by atoms with Crippen LogP contribution in [0.2, 0.25) is 0 Å². The van der Waals surface area contributed by atoms with Gasteiger partial charge in [0.1, 0.15) is 5.75 Å². The summed E-state index contributed by atoms with van der Waals surface area (Å²) in [6.45, 7) is 4.73. The maximum Gasteiger partial charge on any atom is 0.121 e. The Labute approximate surface area is 127 Å². The number of likely N-dealkylation sites (N-methyl/N-ethyl adjacent to an activating group) is 1. The molecule has 3 heteroatoms. The molecule has 0 bridgehead atoms. The SMILES string of the molecule is COc1ccc(C(CN)N(C)c2cccc(C)c2)cc1C. The van der Waals surface area contributed by atoms with E-state index >= 15 is 0 Å². The molecule has 0 saturated heterocycles. The Morgan fingerprint density at radius 2 is 1.90 bits per heavy atom. The van der Waals surface area contributed by atoms with E-state index in [1.54, 1.807) is 7.11 Å². The Kier molecular flexibility index (Phi) is 4.86. The fourth-order valence-electron chi connectivity index (χ4n) is 2.65. The molecule has 0 aliphatic carbocycles. The van der Waals surface area contributed by atoms with Crippen molar-refractivity contribution in [2.24, 2.45) is 5.73 Å². The van der Waals surface area contributed by atoms with Crippen LogP contribution in [0.25, 0.3) is 0 Å². The minimum atomic E-state index is 0.149. The van der Waals surface area contributed by atoms with Gasteiger partial charge >= 0.3 is 0 Å². The molecule has 0 aliphatic rings. The summed E-state index contributed by atoms with van der Waals surface area (Å²) >= 11 is 0. The molecule has 1 atom stereocenters. The summed E-state index contributed by atoms with van der Waals surface area (Å²) in [5.41, 5.74) is 10.8. The molecular formula is C18H24N2O. The minimum Gasteiger partial charge on any atom is -0.496 e. The third kappa shape index (κ3) is 3.37. The molecule has 0 saturated carbocycles. The van der Waals surface area contributed by atoms with Gasteiger partial charge < -0.3 is 15.4 Å². The predicted octanol–water partition coefficient (Wildman–Crippen LogP) is 3.45. The minimum absolute atomic E-state index is 0.149. The monoisotopic (exact) mass is 284 g/mol. The zero-order valence-electron chi connectivity index (χ0n) is 13.3. The number of aryl methyl sites for hydroxylation is 2. The van der Waals surface area contributed by atoms with Gasteiger partial charge in [0.15, 0.2) is 0 Å². The molecule has 1 unspecified atom stereocenters. The molecule has 112 valence electrons. The first kappa shape index (κ1) is 15.4. The lowest BCUT2D eigenvalue weighted by Gasteiger charge is -2.30. The van der Waals surface area contributed by atoms with Crippen molar-refractivity contribution in [3.05, 3.63) is 59.2 Å². The van der Waals surface area contributed by atoms with Crippen molar-refractivity contribution in [3.63, 3.8) is 0 Å². The van der Waals surface area contributed by atoms with Gasteiger partial charge in [0.25, 0.3) is 0 Å². The molecule has 0 radical (unpaired) electrons. The van der Waals surface area contributed by atoms with Crippen molar-refractivity contribution < 1.29 is 4.74 Å². The molecule has 2 rings (SSSR count). The molecule has 0 aromatic heterocycles. The third-order valence-corrected chi connectivity index (χ3v) is 3.90. The van der Waals surface area contributed by atoms with Crippen LogP contribution < -0.4 is 15.4 Å². The van der Waals surface area contributed by atoms with Gasteiger partial charge in [0.2, 0.25) is 0 Å². The normalized spacial score (nSPS) is 12.0. The number of nitrogens with two attached hydrogens (primary N) is 1. The molecule has 0 fully saturated rings. The van der Waals surface area contributed by atoms with Gasteiger partial charge in [-0.2, -0.15) is 0 Å². The number of nitrogens with zero attached hydrogens (tertiary/aromatic N) is 1. The largest absolute Gasteiger partial charge is 0.496 e. The summed E-state index contributed by atoms with van der Waals surface area (Å²) in [6, 6.07) is 14.9. The highest BCUT2D eigenvalue weighted by Gasteiger charge is 2.17. The summed E-state index contributed by atoms with van der Waals surface area (Å²) in [5, 5.41) is 0. The fourth-order valence-corrected chi connectivity index (χ4v) is 2.65.